The van der Waals surface area contributed by atoms with E-state index in [0.717, 1.165) is 4.90 Å². The molecule has 2 amide bonds. The van der Waals surface area contributed by atoms with Crippen LogP contribution in [0.5, 0.6) is 0 Å². The molecule has 2 N–H and O–H groups in total. The molecular formula is C17H19NO6. The molecule has 0 saturated heterocycles. The molecule has 0 radical (unpaired) electrons. The zero-order valence-electron chi connectivity index (χ0n) is 13.4. The fraction of sp³-hybridized carbons (Fsp3) is 0.412. The second-order valence-corrected chi connectivity index (χ2v) is 6.29. The maximum Gasteiger partial charge on any atom is 0.309 e. The van der Waals surface area contributed by atoms with Crippen molar-refractivity contribution < 1.29 is 29.4 Å². The lowest BCUT2D eigenvalue weighted by Crippen LogP contribution is -2.42. The molecule has 0 aliphatic carbocycles. The Kier molecular flexibility index (Phi) is 5.02. The third kappa shape index (κ3) is 3.29. The summed E-state index contributed by atoms with van der Waals surface area (Å²) in [6.45, 7) is 3.12. The van der Waals surface area contributed by atoms with Crippen molar-refractivity contribution in [2.45, 2.75) is 20.3 Å². The predicted molar refractivity (Wildman–Crippen MR) is 83.5 cm³/mol. The number of carbonyl (C=O) groups is 4. The first-order chi connectivity index (χ1) is 11.2. The van der Waals surface area contributed by atoms with Crippen molar-refractivity contribution in [2.75, 3.05) is 6.54 Å². The molecule has 1 aliphatic rings. The molecule has 128 valence electrons. The van der Waals surface area contributed by atoms with Gasteiger partial charge in [-0.2, -0.15) is 0 Å². The van der Waals surface area contributed by atoms with Gasteiger partial charge in [0, 0.05) is 6.54 Å². The summed E-state index contributed by atoms with van der Waals surface area (Å²) in [5.74, 6) is -6.31. The van der Waals surface area contributed by atoms with Gasteiger partial charge in [0.15, 0.2) is 0 Å². The van der Waals surface area contributed by atoms with E-state index in [-0.39, 0.29) is 23.5 Å². The van der Waals surface area contributed by atoms with E-state index in [2.05, 4.69) is 0 Å². The van der Waals surface area contributed by atoms with Crippen molar-refractivity contribution in [1.82, 2.24) is 4.90 Å². The monoisotopic (exact) mass is 333 g/mol. The Balaban J connectivity index is 2.29. The molecule has 7 nitrogen and oxygen atoms in total. The summed E-state index contributed by atoms with van der Waals surface area (Å²) < 4.78 is 0. The number of nitrogens with zero attached hydrogens (tertiary/aromatic N) is 1. The summed E-state index contributed by atoms with van der Waals surface area (Å²) >= 11 is 0. The van der Waals surface area contributed by atoms with E-state index in [1.165, 1.54) is 12.1 Å². The first kappa shape index (κ1) is 17.7. The maximum atomic E-state index is 12.3. The van der Waals surface area contributed by atoms with Crippen molar-refractivity contribution in [3.8, 4) is 0 Å². The molecule has 1 unspecified atom stereocenters. The zero-order chi connectivity index (χ0) is 18.0. The average Bonchev–Trinajstić information content (AvgIpc) is 2.75. The minimum atomic E-state index is -1.35. The SMILES string of the molecule is CC(C)C[C@@H](C(=O)O)C(CN1C(=O)c2ccccc2C1=O)C(=O)O. The summed E-state index contributed by atoms with van der Waals surface area (Å²) in [4.78, 5) is 48.6. The van der Waals surface area contributed by atoms with Gasteiger partial charge in [-0.05, 0) is 24.5 Å². The first-order valence-electron chi connectivity index (χ1n) is 7.64. The molecule has 0 fully saturated rings. The minimum absolute atomic E-state index is 0.0323. The highest BCUT2D eigenvalue weighted by atomic mass is 16.4. The fourth-order valence-corrected chi connectivity index (χ4v) is 2.92. The van der Waals surface area contributed by atoms with E-state index < -0.39 is 42.1 Å². The highest BCUT2D eigenvalue weighted by Gasteiger charge is 2.42. The number of carboxylic acid groups (broad SMARTS) is 2. The molecule has 1 aromatic carbocycles. The smallest absolute Gasteiger partial charge is 0.309 e. The van der Waals surface area contributed by atoms with Gasteiger partial charge in [0.1, 0.15) is 0 Å². The molecule has 0 spiro atoms. The zero-order valence-corrected chi connectivity index (χ0v) is 13.4. The van der Waals surface area contributed by atoms with Crippen LogP contribution in [0, 0.1) is 17.8 Å². The van der Waals surface area contributed by atoms with E-state index in [9.17, 15) is 29.4 Å². The van der Waals surface area contributed by atoms with Gasteiger partial charge in [-0.25, -0.2) is 0 Å². The van der Waals surface area contributed by atoms with Crippen LogP contribution >= 0.6 is 0 Å². The van der Waals surface area contributed by atoms with E-state index in [0.29, 0.717) is 0 Å². The Bertz CT molecular complexity index is 661. The van der Waals surface area contributed by atoms with Gasteiger partial charge in [-0.3, -0.25) is 24.1 Å². The Labute approximate surface area is 138 Å². The van der Waals surface area contributed by atoms with Crippen molar-refractivity contribution >= 4 is 23.8 Å². The van der Waals surface area contributed by atoms with Gasteiger partial charge in [-0.1, -0.05) is 26.0 Å². The third-order valence-electron chi connectivity index (χ3n) is 4.10. The number of rotatable bonds is 7. The van der Waals surface area contributed by atoms with Gasteiger partial charge in [0.25, 0.3) is 11.8 Å². The van der Waals surface area contributed by atoms with E-state index in [4.69, 9.17) is 0 Å². The van der Waals surface area contributed by atoms with Gasteiger partial charge in [0.05, 0.1) is 23.0 Å². The summed E-state index contributed by atoms with van der Waals surface area (Å²) in [5.41, 5.74) is 0.421. The summed E-state index contributed by atoms with van der Waals surface area (Å²) in [5, 5.41) is 18.8. The van der Waals surface area contributed by atoms with Crippen LogP contribution in [-0.2, 0) is 9.59 Å². The number of hydrogen-bond acceptors (Lipinski definition) is 4. The molecule has 2 atom stereocenters. The number of carboxylic acids is 2. The Hall–Kier alpha value is -2.70. The maximum absolute atomic E-state index is 12.3. The number of hydrogen-bond donors (Lipinski definition) is 2. The van der Waals surface area contributed by atoms with E-state index in [1.807, 2.05) is 0 Å². The molecule has 1 aromatic rings. The summed E-state index contributed by atoms with van der Waals surface area (Å²) in [7, 11) is 0. The van der Waals surface area contributed by atoms with E-state index >= 15 is 0 Å². The number of benzene rings is 1. The van der Waals surface area contributed by atoms with Gasteiger partial charge in [0.2, 0.25) is 0 Å². The highest BCUT2D eigenvalue weighted by Crippen LogP contribution is 2.28. The Morgan fingerprint density at radius 3 is 1.79 bits per heavy atom. The average molecular weight is 333 g/mol. The normalized spacial score (nSPS) is 16.2. The van der Waals surface area contributed by atoms with Crippen molar-refractivity contribution in [2.24, 2.45) is 17.8 Å². The van der Waals surface area contributed by atoms with Crippen LogP contribution in [0.2, 0.25) is 0 Å². The number of amides is 2. The van der Waals surface area contributed by atoms with Crippen LogP contribution in [0.25, 0.3) is 0 Å². The quantitative estimate of drug-likeness (QED) is 0.735. The third-order valence-corrected chi connectivity index (χ3v) is 4.10. The molecule has 24 heavy (non-hydrogen) atoms. The predicted octanol–water partition coefficient (Wildman–Crippen LogP) is 1.73. The second kappa shape index (κ2) is 6.82. The van der Waals surface area contributed by atoms with Crippen molar-refractivity contribution in [3.63, 3.8) is 0 Å². The molecule has 1 aliphatic heterocycles. The number of imide groups is 1. The van der Waals surface area contributed by atoms with Crippen LogP contribution in [0.1, 0.15) is 41.0 Å². The fourth-order valence-electron chi connectivity index (χ4n) is 2.92. The standard InChI is InChI=1S/C17H19NO6/c1-9(2)7-12(16(21)22)13(17(23)24)8-18-14(19)10-5-3-4-6-11(10)15(18)20/h3-6,9,12-13H,7-8H2,1-2H3,(H,21,22)(H,23,24)/t12-,13?/m1/s1. The van der Waals surface area contributed by atoms with Crippen LogP contribution in [0.4, 0.5) is 0 Å². The highest BCUT2D eigenvalue weighted by molar-refractivity contribution is 6.21. The molecule has 2 rings (SSSR count). The Morgan fingerprint density at radius 1 is 0.958 bits per heavy atom. The number of carbonyl (C=O) groups excluding carboxylic acids is 2. The largest absolute Gasteiger partial charge is 0.481 e. The van der Waals surface area contributed by atoms with E-state index in [1.54, 1.807) is 26.0 Å². The second-order valence-electron chi connectivity index (χ2n) is 6.29. The van der Waals surface area contributed by atoms with Gasteiger partial charge in [-0.15, -0.1) is 0 Å². The van der Waals surface area contributed by atoms with Gasteiger partial charge < -0.3 is 10.2 Å². The topological polar surface area (TPSA) is 112 Å². The molecule has 0 saturated carbocycles. The molecule has 0 bridgehead atoms. The molecule has 0 aromatic heterocycles. The van der Waals surface area contributed by atoms with Gasteiger partial charge >= 0.3 is 11.9 Å². The van der Waals surface area contributed by atoms with Crippen molar-refractivity contribution in [3.05, 3.63) is 35.4 Å². The van der Waals surface area contributed by atoms with Crippen LogP contribution in [0.15, 0.2) is 24.3 Å². The Morgan fingerprint density at radius 2 is 1.42 bits per heavy atom. The lowest BCUT2D eigenvalue weighted by Gasteiger charge is -2.25. The first-order valence-corrected chi connectivity index (χ1v) is 7.64. The minimum Gasteiger partial charge on any atom is -0.481 e. The lowest BCUT2D eigenvalue weighted by atomic mass is 9.85. The lowest BCUT2D eigenvalue weighted by molar-refractivity contribution is -0.154. The van der Waals surface area contributed by atoms with Crippen LogP contribution < -0.4 is 0 Å². The van der Waals surface area contributed by atoms with Crippen LogP contribution in [0.3, 0.4) is 0 Å². The number of fused-ring (bicyclic) bond motifs is 1. The molecule has 7 heteroatoms. The molecular weight excluding hydrogens is 314 g/mol. The van der Waals surface area contributed by atoms with Crippen molar-refractivity contribution in [1.29, 1.82) is 0 Å². The van der Waals surface area contributed by atoms with Crippen LogP contribution in [-0.4, -0.2) is 45.4 Å². The molecule has 1 heterocycles. The summed E-state index contributed by atoms with van der Waals surface area (Å²) in [6, 6.07) is 6.21. The summed E-state index contributed by atoms with van der Waals surface area (Å²) in [6.07, 6.45) is 0.148. The number of aliphatic carboxylic acids is 2.